The number of nitrogens with zero attached hydrogens (tertiary/aromatic N) is 3. The Balaban J connectivity index is 1.98. The molecule has 0 bridgehead atoms. The minimum absolute atomic E-state index is 0.0351. The van der Waals surface area contributed by atoms with Crippen LogP contribution in [0.25, 0.3) is 11.1 Å². The van der Waals surface area contributed by atoms with Crippen molar-refractivity contribution in [1.82, 2.24) is 14.8 Å². The number of aromatic nitrogens is 1. The van der Waals surface area contributed by atoms with Gasteiger partial charge in [-0.05, 0) is 49.3 Å². The molecule has 166 valence electrons. The molecule has 0 aliphatic carbocycles. The molecule has 5 heteroatoms. The number of amides is 2. The van der Waals surface area contributed by atoms with Crippen LogP contribution in [-0.2, 0) is 16.0 Å². The minimum atomic E-state index is -0.609. The number of hydrogen-bond acceptors (Lipinski definition) is 3. The molecular weight excluding hydrogens is 386 g/mol. The lowest BCUT2D eigenvalue weighted by atomic mass is 9.72. The highest BCUT2D eigenvalue weighted by Gasteiger charge is 2.45. The van der Waals surface area contributed by atoms with Crippen molar-refractivity contribution in [2.24, 2.45) is 11.3 Å². The summed E-state index contributed by atoms with van der Waals surface area (Å²) in [5, 5.41) is 0. The average Bonchev–Trinajstić information content (AvgIpc) is 2.80. The second kappa shape index (κ2) is 10.1. The molecule has 1 aliphatic heterocycles. The molecule has 1 fully saturated rings. The van der Waals surface area contributed by atoms with Crippen molar-refractivity contribution in [1.29, 1.82) is 0 Å². The van der Waals surface area contributed by atoms with E-state index in [0.29, 0.717) is 13.0 Å². The summed E-state index contributed by atoms with van der Waals surface area (Å²) in [7, 11) is 3.64. The summed E-state index contributed by atoms with van der Waals surface area (Å²) in [5.41, 5.74) is 2.67. The molecule has 1 aliphatic rings. The Morgan fingerprint density at radius 3 is 2.52 bits per heavy atom. The number of benzene rings is 1. The third-order valence-corrected chi connectivity index (χ3v) is 6.60. The maximum absolute atomic E-state index is 13.5. The Morgan fingerprint density at radius 1 is 1.13 bits per heavy atom. The maximum Gasteiger partial charge on any atom is 0.230 e. The van der Waals surface area contributed by atoms with Crippen LogP contribution in [0.15, 0.2) is 48.8 Å². The molecule has 1 aromatic heterocycles. The van der Waals surface area contributed by atoms with Gasteiger partial charge in [0.1, 0.15) is 0 Å². The normalized spacial score (nSPS) is 18.8. The van der Waals surface area contributed by atoms with Crippen LogP contribution < -0.4 is 0 Å². The van der Waals surface area contributed by atoms with E-state index in [0.717, 1.165) is 48.9 Å². The number of piperidine rings is 1. The molecule has 2 heterocycles. The van der Waals surface area contributed by atoms with Crippen LogP contribution in [0.3, 0.4) is 0 Å². The molecule has 0 radical (unpaired) electrons. The Labute approximate surface area is 186 Å². The van der Waals surface area contributed by atoms with Gasteiger partial charge < -0.3 is 9.80 Å². The maximum atomic E-state index is 13.5. The van der Waals surface area contributed by atoms with Crippen LogP contribution >= 0.6 is 0 Å². The van der Waals surface area contributed by atoms with Gasteiger partial charge in [-0.2, -0.15) is 0 Å². The van der Waals surface area contributed by atoms with E-state index in [9.17, 15) is 9.59 Å². The Bertz CT molecular complexity index is 893. The van der Waals surface area contributed by atoms with Crippen molar-refractivity contribution in [2.75, 3.05) is 27.2 Å². The highest BCUT2D eigenvalue weighted by molar-refractivity contribution is 5.85. The molecule has 1 saturated heterocycles. The fourth-order valence-corrected chi connectivity index (χ4v) is 4.93. The molecule has 2 amide bonds. The van der Waals surface area contributed by atoms with Crippen molar-refractivity contribution in [3.05, 3.63) is 54.4 Å². The summed E-state index contributed by atoms with van der Waals surface area (Å²) in [6.45, 7) is 5.36. The summed E-state index contributed by atoms with van der Waals surface area (Å²) in [4.78, 5) is 34.6. The van der Waals surface area contributed by atoms with E-state index in [1.807, 2.05) is 43.4 Å². The first-order chi connectivity index (χ1) is 14.9. The first-order valence-electron chi connectivity index (χ1n) is 11.4. The predicted molar refractivity (Wildman–Crippen MR) is 124 cm³/mol. The van der Waals surface area contributed by atoms with Crippen LogP contribution in [0.4, 0.5) is 0 Å². The largest absolute Gasteiger partial charge is 0.348 e. The van der Waals surface area contributed by atoms with Gasteiger partial charge in [0.05, 0.1) is 5.41 Å². The molecule has 5 nitrogen and oxygen atoms in total. The summed E-state index contributed by atoms with van der Waals surface area (Å²) in [5.74, 6) is 0.338. The summed E-state index contributed by atoms with van der Waals surface area (Å²) in [6, 6.07) is 12.2. The van der Waals surface area contributed by atoms with Crippen LogP contribution in [0.2, 0.25) is 0 Å². The first kappa shape index (κ1) is 23.0. The third-order valence-electron chi connectivity index (χ3n) is 6.60. The molecule has 0 saturated carbocycles. The van der Waals surface area contributed by atoms with E-state index in [2.05, 4.69) is 37.0 Å². The van der Waals surface area contributed by atoms with Gasteiger partial charge in [-0.3, -0.25) is 14.6 Å². The van der Waals surface area contributed by atoms with E-state index in [4.69, 9.17) is 0 Å². The lowest BCUT2D eigenvalue weighted by Crippen LogP contribution is -2.55. The lowest BCUT2D eigenvalue weighted by Gasteiger charge is -2.44. The number of likely N-dealkylation sites (tertiary alicyclic amines) is 1. The van der Waals surface area contributed by atoms with Crippen molar-refractivity contribution in [3.63, 3.8) is 0 Å². The number of rotatable bonds is 7. The number of carbonyl (C=O) groups is 2. The van der Waals surface area contributed by atoms with Crippen LogP contribution in [0, 0.1) is 11.3 Å². The van der Waals surface area contributed by atoms with E-state index in [-0.39, 0.29) is 17.7 Å². The van der Waals surface area contributed by atoms with Gasteiger partial charge in [0.15, 0.2) is 0 Å². The standard InChI is InChI=1S/C26H35N3O2/c1-5-20(6-2)24(30)29-16-10-14-26(19-29,25(31)28(3)4)17-21-11-7-8-13-23(21)22-12-9-15-27-18-22/h7-9,11-13,15,18,20H,5-6,10,14,16-17,19H2,1-4H3/t26-/m1/s1. The minimum Gasteiger partial charge on any atom is -0.348 e. The quantitative estimate of drug-likeness (QED) is 0.665. The monoisotopic (exact) mass is 421 g/mol. The third kappa shape index (κ3) is 4.97. The molecule has 0 spiro atoms. The highest BCUT2D eigenvalue weighted by Crippen LogP contribution is 2.38. The summed E-state index contributed by atoms with van der Waals surface area (Å²) < 4.78 is 0. The molecule has 31 heavy (non-hydrogen) atoms. The smallest absolute Gasteiger partial charge is 0.230 e. The first-order valence-corrected chi connectivity index (χ1v) is 11.4. The zero-order valence-electron chi connectivity index (χ0n) is 19.3. The van der Waals surface area contributed by atoms with Crippen LogP contribution in [0.1, 0.15) is 45.1 Å². The van der Waals surface area contributed by atoms with E-state index >= 15 is 0 Å². The Kier molecular flexibility index (Phi) is 7.47. The average molecular weight is 422 g/mol. The van der Waals surface area contributed by atoms with Gasteiger partial charge in [-0.25, -0.2) is 0 Å². The zero-order valence-corrected chi connectivity index (χ0v) is 19.3. The number of hydrogen-bond donors (Lipinski definition) is 0. The van der Waals surface area contributed by atoms with E-state index in [1.165, 1.54) is 0 Å². The van der Waals surface area contributed by atoms with Gasteiger partial charge in [0.2, 0.25) is 11.8 Å². The zero-order chi connectivity index (χ0) is 22.4. The topological polar surface area (TPSA) is 53.5 Å². The Hall–Kier alpha value is -2.69. The molecule has 1 aromatic carbocycles. The molecule has 1 atom stereocenters. The highest BCUT2D eigenvalue weighted by atomic mass is 16.2. The number of pyridine rings is 1. The van der Waals surface area contributed by atoms with Gasteiger partial charge >= 0.3 is 0 Å². The molecule has 3 rings (SSSR count). The van der Waals surface area contributed by atoms with Gasteiger partial charge in [0.25, 0.3) is 0 Å². The summed E-state index contributed by atoms with van der Waals surface area (Å²) in [6.07, 6.45) is 7.56. The fourth-order valence-electron chi connectivity index (χ4n) is 4.93. The fraction of sp³-hybridized carbons (Fsp3) is 0.500. The van der Waals surface area contributed by atoms with E-state index in [1.54, 1.807) is 11.1 Å². The second-order valence-electron chi connectivity index (χ2n) is 8.93. The Morgan fingerprint density at radius 2 is 1.87 bits per heavy atom. The van der Waals surface area contributed by atoms with E-state index < -0.39 is 5.41 Å². The molecule has 0 unspecified atom stereocenters. The SMILES string of the molecule is CCC(CC)C(=O)N1CCC[C@](Cc2ccccc2-c2cccnc2)(C(=O)N(C)C)C1. The molecule has 2 aromatic rings. The van der Waals surface area contributed by atoms with Crippen molar-refractivity contribution in [2.45, 2.75) is 46.0 Å². The van der Waals surface area contributed by atoms with Crippen molar-refractivity contribution in [3.8, 4) is 11.1 Å². The van der Waals surface area contributed by atoms with Crippen molar-refractivity contribution >= 4 is 11.8 Å². The van der Waals surface area contributed by atoms with Crippen LogP contribution in [0.5, 0.6) is 0 Å². The predicted octanol–water partition coefficient (Wildman–Crippen LogP) is 4.42. The summed E-state index contributed by atoms with van der Waals surface area (Å²) >= 11 is 0. The second-order valence-corrected chi connectivity index (χ2v) is 8.93. The van der Waals surface area contributed by atoms with Gasteiger partial charge in [0, 0.05) is 51.1 Å². The van der Waals surface area contributed by atoms with Crippen LogP contribution in [-0.4, -0.2) is 53.8 Å². The molecule has 0 N–H and O–H groups in total. The van der Waals surface area contributed by atoms with Gasteiger partial charge in [-0.1, -0.05) is 44.2 Å². The molecular formula is C26H35N3O2. The lowest BCUT2D eigenvalue weighted by molar-refractivity contribution is -0.149. The number of carbonyl (C=O) groups excluding carboxylic acids is 2. The van der Waals surface area contributed by atoms with Crippen molar-refractivity contribution < 1.29 is 9.59 Å². The van der Waals surface area contributed by atoms with Gasteiger partial charge in [-0.15, -0.1) is 0 Å².